The molecule has 35 heavy (non-hydrogen) atoms. The smallest absolute Gasteiger partial charge is 0.341 e. The highest BCUT2D eigenvalue weighted by Crippen LogP contribution is 2.32. The maximum Gasteiger partial charge on any atom is 0.341 e. The first kappa shape index (κ1) is 24.3. The van der Waals surface area contributed by atoms with E-state index in [1.165, 1.54) is 31.2 Å². The van der Waals surface area contributed by atoms with Crippen molar-refractivity contribution in [3.05, 3.63) is 63.9 Å². The zero-order valence-electron chi connectivity index (χ0n) is 19.0. The van der Waals surface area contributed by atoms with Gasteiger partial charge in [0, 0.05) is 38.1 Å². The van der Waals surface area contributed by atoms with Crippen molar-refractivity contribution in [1.29, 1.82) is 0 Å². The minimum absolute atomic E-state index is 0.0908. The third kappa shape index (κ3) is 4.60. The van der Waals surface area contributed by atoms with Crippen LogP contribution in [0.4, 0.5) is 14.5 Å². The Balaban J connectivity index is 1.91. The number of likely N-dealkylation sites (N-methyl/N-ethyl adjacent to an activating group) is 1. The van der Waals surface area contributed by atoms with Gasteiger partial charge in [-0.3, -0.25) is 4.79 Å². The molecule has 0 spiro atoms. The Morgan fingerprint density at radius 1 is 1.09 bits per heavy atom. The quantitative estimate of drug-likeness (QED) is 0.415. The van der Waals surface area contributed by atoms with Crippen LogP contribution in [0, 0.1) is 11.6 Å². The van der Waals surface area contributed by atoms with E-state index in [-0.39, 0.29) is 22.6 Å². The molecule has 1 atom stereocenters. The first-order valence-electron chi connectivity index (χ1n) is 10.8. The van der Waals surface area contributed by atoms with Gasteiger partial charge >= 0.3 is 11.9 Å². The minimum Gasteiger partial charge on any atom is -0.477 e. The van der Waals surface area contributed by atoms with E-state index in [1.54, 1.807) is 4.90 Å². The van der Waals surface area contributed by atoms with Crippen LogP contribution < -0.4 is 15.1 Å². The molecule has 11 heteroatoms. The molecule has 0 aliphatic carbocycles. The maximum absolute atomic E-state index is 15.9. The average molecular weight is 487 g/mol. The molecule has 1 aromatic heterocycles. The van der Waals surface area contributed by atoms with E-state index in [0.29, 0.717) is 26.2 Å². The van der Waals surface area contributed by atoms with Gasteiger partial charge in [0.1, 0.15) is 28.9 Å². The number of carbonyl (C=O) groups is 2. The SMILES string of the molecule is CC(O)C(=O)Oc1ccc(-n2cc(C(=O)O)c(=O)c3cc(F)c(N4CCN(C)CC4)c(F)c32)cc1. The molecular weight excluding hydrogens is 464 g/mol. The molecule has 2 N–H and O–H groups in total. The number of rotatable bonds is 5. The maximum atomic E-state index is 15.9. The normalized spacial score (nSPS) is 15.3. The first-order chi connectivity index (χ1) is 16.6. The zero-order chi connectivity index (χ0) is 25.4. The van der Waals surface area contributed by atoms with Gasteiger partial charge in [-0.15, -0.1) is 0 Å². The van der Waals surface area contributed by atoms with Crippen molar-refractivity contribution in [3.63, 3.8) is 0 Å². The van der Waals surface area contributed by atoms with Gasteiger partial charge in [-0.05, 0) is 44.3 Å². The first-order valence-corrected chi connectivity index (χ1v) is 10.8. The molecule has 3 aromatic rings. The summed E-state index contributed by atoms with van der Waals surface area (Å²) in [4.78, 5) is 39.7. The van der Waals surface area contributed by atoms with Crippen molar-refractivity contribution in [2.75, 3.05) is 38.1 Å². The van der Waals surface area contributed by atoms with E-state index in [0.717, 1.165) is 16.8 Å². The summed E-state index contributed by atoms with van der Waals surface area (Å²) in [7, 11) is 1.90. The van der Waals surface area contributed by atoms with Gasteiger partial charge < -0.3 is 29.3 Å². The second-order valence-electron chi connectivity index (χ2n) is 8.35. The van der Waals surface area contributed by atoms with E-state index in [2.05, 4.69) is 0 Å². The Morgan fingerprint density at radius 2 is 1.71 bits per heavy atom. The third-order valence-corrected chi connectivity index (χ3v) is 5.88. The molecule has 1 unspecified atom stereocenters. The van der Waals surface area contributed by atoms with Crippen LogP contribution in [0.15, 0.2) is 41.3 Å². The van der Waals surface area contributed by atoms with E-state index >= 15 is 8.78 Å². The number of carbonyl (C=O) groups excluding carboxylic acids is 1. The third-order valence-electron chi connectivity index (χ3n) is 5.88. The lowest BCUT2D eigenvalue weighted by atomic mass is 10.1. The fraction of sp³-hybridized carbons (Fsp3) is 0.292. The predicted molar refractivity (Wildman–Crippen MR) is 123 cm³/mol. The Labute approximate surface area is 198 Å². The van der Waals surface area contributed by atoms with Crippen LogP contribution in [0.1, 0.15) is 17.3 Å². The highest BCUT2D eigenvalue weighted by Gasteiger charge is 2.27. The molecule has 1 saturated heterocycles. The summed E-state index contributed by atoms with van der Waals surface area (Å²) < 4.78 is 37.2. The number of hydrogen-bond donors (Lipinski definition) is 2. The number of pyridine rings is 1. The highest BCUT2D eigenvalue weighted by atomic mass is 19.1. The number of nitrogens with zero attached hydrogens (tertiary/aromatic N) is 3. The summed E-state index contributed by atoms with van der Waals surface area (Å²) in [6, 6.07) is 6.43. The summed E-state index contributed by atoms with van der Waals surface area (Å²) in [6.07, 6.45) is -0.355. The van der Waals surface area contributed by atoms with Crippen LogP contribution in [-0.4, -0.2) is 70.9 Å². The average Bonchev–Trinajstić information content (AvgIpc) is 2.81. The van der Waals surface area contributed by atoms with Gasteiger partial charge in [0.05, 0.1) is 10.9 Å². The molecule has 1 aliphatic heterocycles. The second-order valence-corrected chi connectivity index (χ2v) is 8.35. The van der Waals surface area contributed by atoms with Crippen LogP contribution in [-0.2, 0) is 4.79 Å². The van der Waals surface area contributed by atoms with Gasteiger partial charge in [0.25, 0.3) is 0 Å². The molecule has 2 heterocycles. The number of halogens is 2. The van der Waals surface area contributed by atoms with Crippen molar-refractivity contribution < 1.29 is 33.3 Å². The largest absolute Gasteiger partial charge is 0.477 e. The molecule has 184 valence electrons. The van der Waals surface area contributed by atoms with E-state index in [4.69, 9.17) is 4.74 Å². The molecule has 0 bridgehead atoms. The number of aliphatic hydroxyl groups is 1. The topological polar surface area (TPSA) is 112 Å². The standard InChI is InChI=1S/C24H23F2N3O6/c1-13(30)24(34)35-15-5-3-14(4-6-15)29-12-17(23(32)33)22(31)16-11-18(25)21(19(26)20(16)29)28-9-7-27(2)8-10-28/h3-6,11-13,30H,7-10H2,1-2H3,(H,32,33). The van der Waals surface area contributed by atoms with Crippen LogP contribution in [0.3, 0.4) is 0 Å². The Bertz CT molecular complexity index is 1360. The van der Waals surface area contributed by atoms with Crippen molar-refractivity contribution in [2.24, 2.45) is 0 Å². The van der Waals surface area contributed by atoms with Crippen molar-refractivity contribution in [3.8, 4) is 11.4 Å². The summed E-state index contributed by atoms with van der Waals surface area (Å²) >= 11 is 0. The lowest BCUT2D eigenvalue weighted by molar-refractivity contribution is -0.142. The fourth-order valence-electron chi connectivity index (χ4n) is 3.96. The number of aromatic carboxylic acids is 1. The van der Waals surface area contributed by atoms with Crippen LogP contribution in [0.2, 0.25) is 0 Å². The minimum atomic E-state index is -1.54. The van der Waals surface area contributed by atoms with Crippen LogP contribution in [0.25, 0.3) is 16.6 Å². The van der Waals surface area contributed by atoms with Crippen LogP contribution >= 0.6 is 0 Å². The number of carboxylic acids is 1. The number of aromatic nitrogens is 1. The van der Waals surface area contributed by atoms with Crippen LogP contribution in [0.5, 0.6) is 5.75 Å². The van der Waals surface area contributed by atoms with Gasteiger partial charge in [-0.2, -0.15) is 0 Å². The predicted octanol–water partition coefficient (Wildman–Crippen LogP) is 2.01. The number of piperazine rings is 1. The summed E-state index contributed by atoms with van der Waals surface area (Å²) in [6.45, 7) is 3.17. The van der Waals surface area contributed by atoms with Gasteiger partial charge in [-0.25, -0.2) is 18.4 Å². The van der Waals surface area contributed by atoms with Gasteiger partial charge in [0.15, 0.2) is 5.82 Å². The Morgan fingerprint density at radius 3 is 2.29 bits per heavy atom. The highest BCUT2D eigenvalue weighted by molar-refractivity contribution is 5.94. The van der Waals surface area contributed by atoms with Crippen molar-refractivity contribution >= 4 is 28.5 Å². The monoisotopic (exact) mass is 487 g/mol. The molecule has 1 aliphatic rings. The molecule has 4 rings (SSSR count). The molecule has 0 saturated carbocycles. The van der Waals surface area contributed by atoms with E-state index < -0.39 is 46.1 Å². The molecule has 0 amide bonds. The number of benzene rings is 2. The number of anilines is 1. The second kappa shape index (κ2) is 9.43. The number of fused-ring (bicyclic) bond motifs is 1. The number of carboxylic acid groups (broad SMARTS) is 1. The Hall–Kier alpha value is -3.83. The van der Waals surface area contributed by atoms with Crippen molar-refractivity contribution in [1.82, 2.24) is 9.47 Å². The van der Waals surface area contributed by atoms with Gasteiger partial charge in [0.2, 0.25) is 5.43 Å². The van der Waals surface area contributed by atoms with Gasteiger partial charge in [-0.1, -0.05) is 0 Å². The fourth-order valence-corrected chi connectivity index (χ4v) is 3.96. The molecule has 2 aromatic carbocycles. The lowest BCUT2D eigenvalue weighted by Crippen LogP contribution is -2.45. The Kier molecular flexibility index (Phi) is 6.55. The molecule has 0 radical (unpaired) electrons. The summed E-state index contributed by atoms with van der Waals surface area (Å²) in [5.74, 6) is -4.27. The number of aliphatic hydroxyl groups excluding tert-OH is 1. The molecule has 1 fully saturated rings. The summed E-state index contributed by atoms with van der Waals surface area (Å²) in [5, 5.41) is 18.4. The molecule has 9 nitrogen and oxygen atoms in total. The zero-order valence-corrected chi connectivity index (χ0v) is 19.0. The van der Waals surface area contributed by atoms with Crippen molar-refractivity contribution in [2.45, 2.75) is 13.0 Å². The summed E-state index contributed by atoms with van der Waals surface area (Å²) in [5.41, 5.74) is -1.99. The lowest BCUT2D eigenvalue weighted by Gasteiger charge is -2.34. The number of ether oxygens (including phenoxy) is 1. The molecular formula is C24H23F2N3O6. The van der Waals surface area contributed by atoms with E-state index in [1.807, 2.05) is 11.9 Å². The number of hydrogen-bond acceptors (Lipinski definition) is 7. The van der Waals surface area contributed by atoms with E-state index in [9.17, 15) is 24.6 Å². The number of esters is 1.